The van der Waals surface area contributed by atoms with Crippen molar-refractivity contribution in [2.75, 3.05) is 26.0 Å². The second-order valence-electron chi connectivity index (χ2n) is 9.45. The third-order valence-electron chi connectivity index (χ3n) is 6.35. The highest BCUT2D eigenvalue weighted by molar-refractivity contribution is 6.35. The Balaban J connectivity index is 1.57. The van der Waals surface area contributed by atoms with Crippen LogP contribution in [0.4, 0.5) is 11.4 Å². The van der Waals surface area contributed by atoms with E-state index in [2.05, 4.69) is 59.6 Å². The van der Waals surface area contributed by atoms with Crippen LogP contribution in [0.5, 0.6) is 0 Å². The zero-order valence-electron chi connectivity index (χ0n) is 19.8. The van der Waals surface area contributed by atoms with Crippen molar-refractivity contribution in [2.24, 2.45) is 5.92 Å². The van der Waals surface area contributed by atoms with Crippen LogP contribution in [0.15, 0.2) is 66.9 Å². The lowest BCUT2D eigenvalue weighted by Crippen LogP contribution is -2.14. The third-order valence-corrected chi connectivity index (χ3v) is 6.78. The summed E-state index contributed by atoms with van der Waals surface area (Å²) in [5.74, 6) is 0.249. The lowest BCUT2D eigenvalue weighted by atomic mass is 9.99. The number of Topliss-reactive ketones (excluding diaryl/α,β-unsaturated/α-hetero) is 1. The second kappa shape index (κ2) is 9.98. The van der Waals surface area contributed by atoms with Crippen LogP contribution in [0.25, 0.3) is 22.0 Å². The van der Waals surface area contributed by atoms with Crippen LogP contribution in [0.3, 0.4) is 0 Å². The van der Waals surface area contributed by atoms with E-state index in [4.69, 9.17) is 23.2 Å². The Kier molecular flexibility index (Phi) is 6.79. The predicted molar refractivity (Wildman–Crippen MR) is 146 cm³/mol. The van der Waals surface area contributed by atoms with E-state index in [0.29, 0.717) is 15.6 Å². The molecule has 3 aromatic carbocycles. The molecule has 4 aromatic rings. The number of fused-ring (bicyclic) bond motifs is 1. The highest BCUT2D eigenvalue weighted by Gasteiger charge is 2.32. The number of carbonyl (C=O) groups excluding carboxylic acids is 1. The minimum absolute atomic E-state index is 0.0955. The van der Waals surface area contributed by atoms with Gasteiger partial charge in [0, 0.05) is 39.8 Å². The van der Waals surface area contributed by atoms with Crippen LogP contribution < -0.4 is 5.32 Å². The molecule has 0 aliphatic heterocycles. The summed E-state index contributed by atoms with van der Waals surface area (Å²) in [4.78, 5) is 20.0. The van der Waals surface area contributed by atoms with Gasteiger partial charge in [-0.05, 0) is 92.5 Å². The maximum absolute atomic E-state index is 13.2. The molecule has 178 valence electrons. The Morgan fingerprint density at radius 1 is 0.971 bits per heavy atom. The molecule has 1 aromatic heterocycles. The van der Waals surface area contributed by atoms with Crippen molar-refractivity contribution in [1.29, 1.82) is 0 Å². The normalized spacial score (nSPS) is 13.4. The molecule has 4 nitrogen and oxygen atoms in total. The van der Waals surface area contributed by atoms with E-state index < -0.39 is 0 Å². The molecule has 0 saturated heterocycles. The molecule has 0 unspecified atom stereocenters. The van der Waals surface area contributed by atoms with E-state index in [1.165, 1.54) is 5.56 Å². The monoisotopic (exact) mass is 503 g/mol. The molecule has 1 saturated carbocycles. The Morgan fingerprint density at radius 3 is 2.34 bits per heavy atom. The molecule has 1 fully saturated rings. The number of nitrogens with zero attached hydrogens (tertiary/aromatic N) is 2. The Labute approximate surface area is 215 Å². The predicted octanol–water partition coefficient (Wildman–Crippen LogP) is 7.65. The van der Waals surface area contributed by atoms with E-state index in [1.54, 1.807) is 12.3 Å². The molecule has 0 spiro atoms. The number of likely N-dealkylation sites (N-methyl/N-ethyl adjacent to an activating group) is 1. The summed E-state index contributed by atoms with van der Waals surface area (Å²) in [6, 6.07) is 19.9. The molecule has 0 atom stereocenters. The van der Waals surface area contributed by atoms with Gasteiger partial charge in [0.15, 0.2) is 5.78 Å². The Bertz CT molecular complexity index is 1380. The number of ketones is 1. The van der Waals surface area contributed by atoms with Gasteiger partial charge in [-0.2, -0.15) is 0 Å². The number of hydrogen-bond acceptors (Lipinski definition) is 4. The highest BCUT2D eigenvalue weighted by atomic mass is 35.5. The highest BCUT2D eigenvalue weighted by Crippen LogP contribution is 2.39. The molecule has 1 aliphatic rings. The first-order chi connectivity index (χ1) is 16.9. The van der Waals surface area contributed by atoms with Crippen LogP contribution in [0.1, 0.15) is 28.8 Å². The van der Waals surface area contributed by atoms with Gasteiger partial charge in [0.05, 0.1) is 16.8 Å². The van der Waals surface area contributed by atoms with Crippen LogP contribution in [-0.4, -0.2) is 36.3 Å². The standard InChI is InChI=1S/C29H27Cl2N3O/c1-34(2)12-11-18-3-8-24(9-4-18)33-28-25-15-20(21-13-22(30)16-23(31)14-21)7-10-27(25)32-17-26(28)29(35)19-5-6-19/h3-4,7-10,13-17,19H,5-6,11-12H2,1-2H3,(H,32,33). The average molecular weight is 504 g/mol. The lowest BCUT2D eigenvalue weighted by Gasteiger charge is -2.16. The summed E-state index contributed by atoms with van der Waals surface area (Å²) in [5.41, 5.74) is 6.34. The van der Waals surface area contributed by atoms with Gasteiger partial charge in [0.1, 0.15) is 0 Å². The third kappa shape index (κ3) is 5.51. The molecular weight excluding hydrogens is 477 g/mol. The van der Waals surface area contributed by atoms with Gasteiger partial charge in [-0.25, -0.2) is 0 Å². The smallest absolute Gasteiger partial charge is 0.169 e. The number of rotatable bonds is 8. The summed E-state index contributed by atoms with van der Waals surface area (Å²) < 4.78 is 0. The maximum Gasteiger partial charge on any atom is 0.169 e. The van der Waals surface area contributed by atoms with Gasteiger partial charge in [-0.15, -0.1) is 0 Å². The Morgan fingerprint density at radius 2 is 1.69 bits per heavy atom. The van der Waals surface area contributed by atoms with Crippen molar-refractivity contribution in [2.45, 2.75) is 19.3 Å². The van der Waals surface area contributed by atoms with Crippen molar-refractivity contribution in [3.8, 4) is 11.1 Å². The van der Waals surface area contributed by atoms with Crippen molar-refractivity contribution in [1.82, 2.24) is 9.88 Å². The average Bonchev–Trinajstić information content (AvgIpc) is 3.68. The van der Waals surface area contributed by atoms with E-state index in [0.717, 1.165) is 59.2 Å². The van der Waals surface area contributed by atoms with Gasteiger partial charge in [-0.3, -0.25) is 9.78 Å². The van der Waals surface area contributed by atoms with E-state index in [1.807, 2.05) is 24.3 Å². The fourth-order valence-electron chi connectivity index (χ4n) is 4.23. The van der Waals surface area contributed by atoms with E-state index in [-0.39, 0.29) is 11.7 Å². The maximum atomic E-state index is 13.2. The van der Waals surface area contributed by atoms with Crippen molar-refractivity contribution < 1.29 is 4.79 Å². The van der Waals surface area contributed by atoms with Gasteiger partial charge >= 0.3 is 0 Å². The molecule has 1 aliphatic carbocycles. The SMILES string of the molecule is CN(C)CCc1ccc(Nc2c(C(=O)C3CC3)cnc3ccc(-c4cc(Cl)cc(Cl)c4)cc23)cc1. The number of aromatic nitrogens is 1. The molecule has 0 amide bonds. The number of benzene rings is 3. The van der Waals surface area contributed by atoms with Crippen LogP contribution in [0, 0.1) is 5.92 Å². The fourth-order valence-corrected chi connectivity index (χ4v) is 4.76. The minimum atomic E-state index is 0.0955. The number of hydrogen-bond donors (Lipinski definition) is 1. The number of anilines is 2. The molecule has 0 radical (unpaired) electrons. The summed E-state index contributed by atoms with van der Waals surface area (Å²) >= 11 is 12.5. The lowest BCUT2D eigenvalue weighted by molar-refractivity contribution is 0.0968. The van der Waals surface area contributed by atoms with Gasteiger partial charge in [0.25, 0.3) is 0 Å². The van der Waals surface area contributed by atoms with Gasteiger partial charge in [-0.1, -0.05) is 41.4 Å². The quantitative estimate of drug-likeness (QED) is 0.250. The number of pyridine rings is 1. The zero-order valence-corrected chi connectivity index (χ0v) is 21.3. The molecular formula is C29H27Cl2N3O. The Hall–Kier alpha value is -2.92. The van der Waals surface area contributed by atoms with Gasteiger partial charge < -0.3 is 10.2 Å². The van der Waals surface area contributed by atoms with Crippen molar-refractivity contribution >= 4 is 51.3 Å². The second-order valence-corrected chi connectivity index (χ2v) is 10.3. The zero-order chi connectivity index (χ0) is 24.5. The van der Waals surface area contributed by atoms with Crippen molar-refractivity contribution in [3.05, 3.63) is 88.0 Å². The summed E-state index contributed by atoms with van der Waals surface area (Å²) in [6.45, 7) is 0.998. The summed E-state index contributed by atoms with van der Waals surface area (Å²) in [7, 11) is 4.16. The topological polar surface area (TPSA) is 45.2 Å². The molecule has 6 heteroatoms. The van der Waals surface area contributed by atoms with Crippen molar-refractivity contribution in [3.63, 3.8) is 0 Å². The molecule has 1 N–H and O–H groups in total. The fraction of sp³-hybridized carbons (Fsp3) is 0.241. The molecule has 35 heavy (non-hydrogen) atoms. The van der Waals surface area contributed by atoms with Crippen LogP contribution in [-0.2, 0) is 6.42 Å². The number of nitrogens with one attached hydrogen (secondary N) is 1. The first kappa shape index (κ1) is 23.8. The molecule has 0 bridgehead atoms. The van der Waals surface area contributed by atoms with E-state index in [9.17, 15) is 4.79 Å². The van der Waals surface area contributed by atoms with Crippen LogP contribution >= 0.6 is 23.2 Å². The molecule has 5 rings (SSSR count). The van der Waals surface area contributed by atoms with E-state index >= 15 is 0 Å². The summed E-state index contributed by atoms with van der Waals surface area (Å²) in [6.07, 6.45) is 4.59. The first-order valence-corrected chi connectivity index (χ1v) is 12.6. The van der Waals surface area contributed by atoms with Crippen LogP contribution in [0.2, 0.25) is 10.0 Å². The summed E-state index contributed by atoms with van der Waals surface area (Å²) in [5, 5.41) is 5.60. The largest absolute Gasteiger partial charge is 0.354 e. The minimum Gasteiger partial charge on any atom is -0.354 e. The number of halogens is 2. The van der Waals surface area contributed by atoms with Gasteiger partial charge in [0.2, 0.25) is 0 Å². The molecule has 1 heterocycles. The number of carbonyl (C=O) groups is 1. The first-order valence-electron chi connectivity index (χ1n) is 11.8.